The average Bonchev–Trinajstić information content (AvgIpc) is 2.35. The minimum Gasteiger partial charge on any atom is -0.393 e. The maximum atomic E-state index is 12.4. The lowest BCUT2D eigenvalue weighted by Gasteiger charge is -2.10. The second-order valence-corrected chi connectivity index (χ2v) is 3.72. The van der Waals surface area contributed by atoms with Gasteiger partial charge in [-0.1, -0.05) is 0 Å². The molecule has 0 radical (unpaired) electrons. The Labute approximate surface area is 106 Å². The van der Waals surface area contributed by atoms with Crippen LogP contribution in [0.3, 0.4) is 0 Å². The lowest BCUT2D eigenvalue weighted by Crippen LogP contribution is -2.06. The van der Waals surface area contributed by atoms with Crippen LogP contribution in [-0.4, -0.2) is 9.97 Å². The summed E-state index contributed by atoms with van der Waals surface area (Å²) in [5.41, 5.74) is 11.0. The molecule has 0 amide bonds. The lowest BCUT2D eigenvalue weighted by atomic mass is 10.2. The minimum atomic E-state index is -4.36. The summed E-state index contributed by atoms with van der Waals surface area (Å²) in [6, 6.07) is 4.48. The van der Waals surface area contributed by atoms with Gasteiger partial charge in [-0.05, 0) is 24.3 Å². The monoisotopic (exact) mass is 269 g/mol. The molecule has 0 saturated carbocycles. The molecular weight excluding hydrogens is 259 g/mol. The molecule has 0 unspecified atom stereocenters. The molecule has 0 aliphatic rings. The Morgan fingerprint density at radius 3 is 2.21 bits per heavy atom. The van der Waals surface area contributed by atoms with Gasteiger partial charge in [0.25, 0.3) is 0 Å². The van der Waals surface area contributed by atoms with Crippen LogP contribution in [0.15, 0.2) is 30.6 Å². The summed E-state index contributed by atoms with van der Waals surface area (Å²) in [6.45, 7) is 0. The van der Waals surface area contributed by atoms with Gasteiger partial charge < -0.3 is 16.8 Å². The van der Waals surface area contributed by atoms with E-state index in [1.54, 1.807) is 0 Å². The second-order valence-electron chi connectivity index (χ2n) is 3.72. The Kier molecular flexibility index (Phi) is 3.16. The molecule has 2 rings (SSSR count). The Hall–Kier alpha value is -2.51. The zero-order valence-electron chi connectivity index (χ0n) is 9.57. The molecule has 5 N–H and O–H groups in total. The molecule has 0 fully saturated rings. The van der Waals surface area contributed by atoms with Crippen molar-refractivity contribution >= 4 is 23.0 Å². The quantitative estimate of drug-likeness (QED) is 0.778. The van der Waals surface area contributed by atoms with E-state index in [0.717, 1.165) is 12.1 Å². The third kappa shape index (κ3) is 2.84. The van der Waals surface area contributed by atoms with Crippen LogP contribution >= 0.6 is 0 Å². The molecule has 0 bridgehead atoms. The van der Waals surface area contributed by atoms with Gasteiger partial charge in [-0.3, -0.25) is 0 Å². The highest BCUT2D eigenvalue weighted by atomic mass is 19.4. The van der Waals surface area contributed by atoms with E-state index in [4.69, 9.17) is 11.5 Å². The van der Waals surface area contributed by atoms with Crippen molar-refractivity contribution < 1.29 is 13.2 Å². The average molecular weight is 269 g/mol. The van der Waals surface area contributed by atoms with Crippen molar-refractivity contribution in [2.45, 2.75) is 6.18 Å². The first-order chi connectivity index (χ1) is 8.88. The van der Waals surface area contributed by atoms with E-state index in [9.17, 15) is 13.2 Å². The number of rotatable bonds is 2. The van der Waals surface area contributed by atoms with Crippen molar-refractivity contribution in [1.29, 1.82) is 0 Å². The van der Waals surface area contributed by atoms with Crippen LogP contribution in [0.2, 0.25) is 0 Å². The molecule has 1 aromatic carbocycles. The van der Waals surface area contributed by atoms with Gasteiger partial charge in [-0.2, -0.15) is 13.2 Å². The number of hydrogen-bond acceptors (Lipinski definition) is 5. The van der Waals surface area contributed by atoms with E-state index >= 15 is 0 Å². The topological polar surface area (TPSA) is 89.8 Å². The smallest absolute Gasteiger partial charge is 0.393 e. The maximum Gasteiger partial charge on any atom is 0.416 e. The first-order valence-corrected chi connectivity index (χ1v) is 5.18. The Balaban J connectivity index is 2.23. The third-order valence-corrected chi connectivity index (χ3v) is 2.39. The van der Waals surface area contributed by atoms with Gasteiger partial charge in [0.05, 0.1) is 5.56 Å². The molecule has 8 heteroatoms. The standard InChI is InChI=1S/C11H10F3N5/c12-11(13,14)6-1-3-7(4-2-6)19-10-8(15)9(16)17-5-18-10/h1-5H,15H2,(H3,16,17,18,19). The van der Waals surface area contributed by atoms with Gasteiger partial charge in [-0.25, -0.2) is 9.97 Å². The molecule has 100 valence electrons. The number of nitrogens with two attached hydrogens (primary N) is 2. The van der Waals surface area contributed by atoms with Gasteiger partial charge in [0, 0.05) is 5.69 Å². The van der Waals surface area contributed by atoms with E-state index in [2.05, 4.69) is 15.3 Å². The van der Waals surface area contributed by atoms with Crippen molar-refractivity contribution in [1.82, 2.24) is 9.97 Å². The first-order valence-electron chi connectivity index (χ1n) is 5.18. The van der Waals surface area contributed by atoms with Crippen molar-refractivity contribution in [3.63, 3.8) is 0 Å². The summed E-state index contributed by atoms with van der Waals surface area (Å²) in [6.07, 6.45) is -3.16. The van der Waals surface area contributed by atoms with E-state index < -0.39 is 11.7 Å². The van der Waals surface area contributed by atoms with Gasteiger partial charge in [0.15, 0.2) is 11.6 Å². The molecule has 0 spiro atoms. The van der Waals surface area contributed by atoms with Gasteiger partial charge in [-0.15, -0.1) is 0 Å². The normalized spacial score (nSPS) is 11.3. The summed E-state index contributed by atoms with van der Waals surface area (Å²) >= 11 is 0. The van der Waals surface area contributed by atoms with E-state index in [1.165, 1.54) is 18.5 Å². The van der Waals surface area contributed by atoms with Crippen LogP contribution in [0.4, 0.5) is 36.2 Å². The number of nitrogen functional groups attached to an aromatic ring is 2. The highest BCUT2D eigenvalue weighted by molar-refractivity contribution is 5.76. The van der Waals surface area contributed by atoms with Crippen molar-refractivity contribution in [2.24, 2.45) is 0 Å². The second kappa shape index (κ2) is 4.63. The van der Waals surface area contributed by atoms with Crippen molar-refractivity contribution in [2.75, 3.05) is 16.8 Å². The summed E-state index contributed by atoms with van der Waals surface area (Å²) in [4.78, 5) is 7.54. The molecule has 0 atom stereocenters. The summed E-state index contributed by atoms with van der Waals surface area (Å²) in [7, 11) is 0. The number of nitrogens with zero attached hydrogens (tertiary/aromatic N) is 2. The fourth-order valence-electron chi connectivity index (χ4n) is 1.39. The molecule has 1 aromatic heterocycles. The number of aromatic nitrogens is 2. The molecule has 1 heterocycles. The SMILES string of the molecule is Nc1ncnc(Nc2ccc(C(F)(F)F)cc2)c1N. The van der Waals surface area contributed by atoms with Crippen LogP contribution in [0.25, 0.3) is 0 Å². The fourth-order valence-corrected chi connectivity index (χ4v) is 1.39. The minimum absolute atomic E-state index is 0.101. The van der Waals surface area contributed by atoms with Gasteiger partial charge >= 0.3 is 6.18 Å². The number of anilines is 4. The first kappa shape index (κ1) is 12.9. The van der Waals surface area contributed by atoms with E-state index in [1.807, 2.05) is 0 Å². The lowest BCUT2D eigenvalue weighted by molar-refractivity contribution is -0.137. The maximum absolute atomic E-state index is 12.4. The molecule has 0 saturated heterocycles. The molecule has 0 aliphatic carbocycles. The largest absolute Gasteiger partial charge is 0.416 e. The van der Waals surface area contributed by atoms with Crippen LogP contribution in [-0.2, 0) is 6.18 Å². The number of benzene rings is 1. The number of halogens is 3. The third-order valence-electron chi connectivity index (χ3n) is 2.39. The van der Waals surface area contributed by atoms with Crippen LogP contribution in [0, 0.1) is 0 Å². The summed E-state index contributed by atoms with van der Waals surface area (Å²) in [5.74, 6) is 0.344. The summed E-state index contributed by atoms with van der Waals surface area (Å²) < 4.78 is 37.2. The predicted molar refractivity (Wildman–Crippen MR) is 65.6 cm³/mol. The number of nitrogens with one attached hydrogen (secondary N) is 1. The van der Waals surface area contributed by atoms with Crippen LogP contribution < -0.4 is 16.8 Å². The Morgan fingerprint density at radius 2 is 1.63 bits per heavy atom. The Bertz CT molecular complexity index is 580. The van der Waals surface area contributed by atoms with Gasteiger partial charge in [0.1, 0.15) is 12.0 Å². The molecule has 19 heavy (non-hydrogen) atoms. The van der Waals surface area contributed by atoms with Crippen molar-refractivity contribution in [3.8, 4) is 0 Å². The van der Waals surface area contributed by atoms with Crippen molar-refractivity contribution in [3.05, 3.63) is 36.2 Å². The highest BCUT2D eigenvalue weighted by Gasteiger charge is 2.29. The van der Waals surface area contributed by atoms with Crippen LogP contribution in [0.5, 0.6) is 0 Å². The highest BCUT2D eigenvalue weighted by Crippen LogP contribution is 2.31. The summed E-state index contributed by atoms with van der Waals surface area (Å²) in [5, 5.41) is 2.77. The molecular formula is C11H10F3N5. The number of alkyl halides is 3. The van der Waals surface area contributed by atoms with Crippen LogP contribution in [0.1, 0.15) is 5.56 Å². The molecule has 0 aliphatic heterocycles. The van der Waals surface area contributed by atoms with E-state index in [0.29, 0.717) is 5.69 Å². The Morgan fingerprint density at radius 1 is 1.00 bits per heavy atom. The zero-order valence-corrected chi connectivity index (χ0v) is 9.57. The number of hydrogen-bond donors (Lipinski definition) is 3. The molecule has 5 nitrogen and oxygen atoms in total. The zero-order chi connectivity index (χ0) is 14.0. The molecule has 2 aromatic rings. The predicted octanol–water partition coefficient (Wildman–Crippen LogP) is 2.40. The fraction of sp³-hybridized carbons (Fsp3) is 0.0909. The van der Waals surface area contributed by atoms with E-state index in [-0.39, 0.29) is 17.3 Å². The van der Waals surface area contributed by atoms with Gasteiger partial charge in [0.2, 0.25) is 0 Å².